The summed E-state index contributed by atoms with van der Waals surface area (Å²) in [6.45, 7) is 0.177. The largest absolute Gasteiger partial charge is 0.471 e. The molecule has 1 aliphatic carbocycles. The zero-order valence-corrected chi connectivity index (χ0v) is 11.3. The van der Waals surface area contributed by atoms with Crippen molar-refractivity contribution in [2.24, 2.45) is 0 Å². The predicted octanol–water partition coefficient (Wildman–Crippen LogP) is 2.22. The van der Waals surface area contributed by atoms with Crippen LogP contribution in [0.15, 0.2) is 12.1 Å². The molecule has 1 aromatic rings. The Morgan fingerprint density at radius 1 is 1.05 bits per heavy atom. The second-order valence-electron chi connectivity index (χ2n) is 5.79. The van der Waals surface area contributed by atoms with Gasteiger partial charge in [0.05, 0.1) is 11.4 Å². The molecule has 0 radical (unpaired) electrons. The molecule has 0 spiro atoms. The van der Waals surface area contributed by atoms with Gasteiger partial charge in [0.25, 0.3) is 0 Å². The molecule has 1 fully saturated rings. The topological polar surface area (TPSA) is 72.3 Å². The number of rotatable bonds is 0. The Kier molecular flexibility index (Phi) is 3.04. The molecule has 2 aliphatic heterocycles. The first-order chi connectivity index (χ1) is 9.77. The number of nitrogens with two attached hydrogens (primary N) is 2. The van der Waals surface area contributed by atoms with Gasteiger partial charge in [-0.3, -0.25) is 4.79 Å². The van der Waals surface area contributed by atoms with Crippen molar-refractivity contribution in [3.05, 3.63) is 23.3 Å². The number of amides is 1. The fourth-order valence-electron chi connectivity index (χ4n) is 3.42. The standard InChI is InChI=1S/C14H16F3N3O/c15-14(16,17)13(21)20-5-7-1-2-8(6-20)10-4-12(19)11(18)3-9(7)10/h3-4,7-8H,1-2,5-6,18-19H2. The maximum Gasteiger partial charge on any atom is 0.471 e. The number of alkyl halides is 3. The number of nitrogen functional groups attached to an aromatic ring is 2. The molecular formula is C14H16F3N3O. The minimum Gasteiger partial charge on any atom is -0.397 e. The van der Waals surface area contributed by atoms with Crippen molar-refractivity contribution >= 4 is 17.3 Å². The van der Waals surface area contributed by atoms with E-state index in [1.165, 1.54) is 0 Å². The van der Waals surface area contributed by atoms with Crippen LogP contribution in [-0.4, -0.2) is 30.1 Å². The van der Waals surface area contributed by atoms with Gasteiger partial charge in [0.1, 0.15) is 0 Å². The van der Waals surface area contributed by atoms with Crippen LogP contribution in [0.1, 0.15) is 35.8 Å². The number of halogens is 3. The third-order valence-electron chi connectivity index (χ3n) is 4.44. The minimum absolute atomic E-state index is 0.0885. The Morgan fingerprint density at radius 2 is 1.48 bits per heavy atom. The Labute approximate surface area is 119 Å². The summed E-state index contributed by atoms with van der Waals surface area (Å²) in [7, 11) is 0. The quantitative estimate of drug-likeness (QED) is 0.721. The Balaban J connectivity index is 1.98. The van der Waals surface area contributed by atoms with Crippen LogP contribution in [0.25, 0.3) is 0 Å². The molecule has 1 saturated heterocycles. The number of anilines is 2. The van der Waals surface area contributed by atoms with Gasteiger partial charge >= 0.3 is 12.1 Å². The molecule has 2 unspecified atom stereocenters. The number of carbonyl (C=O) groups is 1. The highest BCUT2D eigenvalue weighted by molar-refractivity contribution is 5.82. The summed E-state index contributed by atoms with van der Waals surface area (Å²) in [5.74, 6) is -1.96. The summed E-state index contributed by atoms with van der Waals surface area (Å²) in [5, 5.41) is 0. The normalized spacial score (nSPS) is 24.6. The zero-order chi connectivity index (χ0) is 15.4. The fraction of sp³-hybridized carbons (Fsp3) is 0.500. The highest BCUT2D eigenvalue weighted by Crippen LogP contribution is 2.45. The van der Waals surface area contributed by atoms with E-state index in [-0.39, 0.29) is 24.9 Å². The molecule has 4 N–H and O–H groups in total. The van der Waals surface area contributed by atoms with Crippen molar-refractivity contribution in [1.82, 2.24) is 4.90 Å². The zero-order valence-electron chi connectivity index (χ0n) is 11.3. The van der Waals surface area contributed by atoms with Crippen molar-refractivity contribution < 1.29 is 18.0 Å². The Bertz CT molecular complexity index is 561. The number of hydrogen-bond donors (Lipinski definition) is 2. The summed E-state index contributed by atoms with van der Waals surface area (Å²) in [6.07, 6.45) is -3.29. The third kappa shape index (κ3) is 2.30. The lowest BCUT2D eigenvalue weighted by Crippen LogP contribution is -2.42. The van der Waals surface area contributed by atoms with Gasteiger partial charge < -0.3 is 16.4 Å². The monoisotopic (exact) mass is 299 g/mol. The molecule has 1 amide bonds. The van der Waals surface area contributed by atoms with E-state index in [2.05, 4.69) is 0 Å². The molecular weight excluding hydrogens is 283 g/mol. The average Bonchev–Trinajstić information content (AvgIpc) is 2.69. The van der Waals surface area contributed by atoms with E-state index < -0.39 is 12.1 Å². The molecule has 3 aliphatic rings. The fourth-order valence-corrected chi connectivity index (χ4v) is 3.42. The maximum absolute atomic E-state index is 12.7. The van der Waals surface area contributed by atoms with Gasteiger partial charge in [-0.1, -0.05) is 0 Å². The summed E-state index contributed by atoms with van der Waals surface area (Å²) in [5.41, 5.74) is 14.4. The van der Waals surface area contributed by atoms with E-state index in [1.807, 2.05) is 0 Å². The molecule has 0 saturated carbocycles. The number of hydrogen-bond acceptors (Lipinski definition) is 3. The lowest BCUT2D eigenvalue weighted by molar-refractivity contribution is -0.185. The molecule has 7 heteroatoms. The van der Waals surface area contributed by atoms with Gasteiger partial charge in [-0.2, -0.15) is 13.2 Å². The summed E-state index contributed by atoms with van der Waals surface area (Å²) < 4.78 is 38.0. The molecule has 114 valence electrons. The second kappa shape index (κ2) is 4.54. The molecule has 2 heterocycles. The average molecular weight is 299 g/mol. The van der Waals surface area contributed by atoms with E-state index >= 15 is 0 Å². The van der Waals surface area contributed by atoms with Gasteiger partial charge in [0.2, 0.25) is 0 Å². The highest BCUT2D eigenvalue weighted by Gasteiger charge is 2.46. The smallest absolute Gasteiger partial charge is 0.397 e. The van der Waals surface area contributed by atoms with Crippen LogP contribution >= 0.6 is 0 Å². The van der Waals surface area contributed by atoms with Crippen LogP contribution < -0.4 is 11.5 Å². The van der Waals surface area contributed by atoms with E-state index in [4.69, 9.17) is 11.5 Å². The van der Waals surface area contributed by atoms with Gasteiger partial charge in [-0.25, -0.2) is 0 Å². The van der Waals surface area contributed by atoms with E-state index in [9.17, 15) is 18.0 Å². The van der Waals surface area contributed by atoms with Crippen molar-refractivity contribution in [1.29, 1.82) is 0 Å². The van der Waals surface area contributed by atoms with Gasteiger partial charge in [-0.15, -0.1) is 0 Å². The van der Waals surface area contributed by atoms with Crippen LogP contribution in [0.3, 0.4) is 0 Å². The first kappa shape index (κ1) is 14.0. The summed E-state index contributed by atoms with van der Waals surface area (Å²) in [6, 6.07) is 3.51. The van der Waals surface area contributed by atoms with Crippen molar-refractivity contribution in [3.63, 3.8) is 0 Å². The SMILES string of the molecule is Nc1cc2c(cc1N)C1CCC2CN(C(=O)C(F)(F)F)C1. The highest BCUT2D eigenvalue weighted by atomic mass is 19.4. The second-order valence-corrected chi connectivity index (χ2v) is 5.79. The van der Waals surface area contributed by atoms with Crippen LogP contribution in [0, 0.1) is 0 Å². The van der Waals surface area contributed by atoms with Crippen LogP contribution in [0.5, 0.6) is 0 Å². The first-order valence-corrected chi connectivity index (χ1v) is 6.82. The van der Waals surface area contributed by atoms with Gasteiger partial charge in [0.15, 0.2) is 0 Å². The molecule has 4 nitrogen and oxygen atoms in total. The summed E-state index contributed by atoms with van der Waals surface area (Å²) >= 11 is 0. The summed E-state index contributed by atoms with van der Waals surface area (Å²) in [4.78, 5) is 12.5. The first-order valence-electron chi connectivity index (χ1n) is 6.82. The molecule has 2 atom stereocenters. The Morgan fingerprint density at radius 3 is 1.86 bits per heavy atom. The molecule has 2 bridgehead atoms. The predicted molar refractivity (Wildman–Crippen MR) is 72.6 cm³/mol. The molecule has 21 heavy (non-hydrogen) atoms. The molecule has 0 aromatic heterocycles. The minimum atomic E-state index is -4.83. The number of fused-ring (bicyclic) bond motifs is 3. The van der Waals surface area contributed by atoms with Crippen molar-refractivity contribution in [2.75, 3.05) is 24.6 Å². The number of carbonyl (C=O) groups excluding carboxylic acids is 1. The lowest BCUT2D eigenvalue weighted by atomic mass is 9.78. The van der Waals surface area contributed by atoms with Crippen molar-refractivity contribution in [2.45, 2.75) is 30.9 Å². The number of nitrogens with zero attached hydrogens (tertiary/aromatic N) is 1. The van der Waals surface area contributed by atoms with E-state index in [0.29, 0.717) is 11.4 Å². The van der Waals surface area contributed by atoms with E-state index in [1.54, 1.807) is 12.1 Å². The Hall–Kier alpha value is -1.92. The van der Waals surface area contributed by atoms with Gasteiger partial charge in [-0.05, 0) is 36.1 Å². The maximum atomic E-state index is 12.7. The third-order valence-corrected chi connectivity index (χ3v) is 4.44. The van der Waals surface area contributed by atoms with Crippen molar-refractivity contribution in [3.8, 4) is 0 Å². The number of benzene rings is 1. The van der Waals surface area contributed by atoms with E-state index in [0.717, 1.165) is 28.9 Å². The van der Waals surface area contributed by atoms with Crippen LogP contribution in [-0.2, 0) is 4.79 Å². The van der Waals surface area contributed by atoms with Crippen LogP contribution in [0.2, 0.25) is 0 Å². The van der Waals surface area contributed by atoms with Crippen LogP contribution in [0.4, 0.5) is 24.5 Å². The van der Waals surface area contributed by atoms with Gasteiger partial charge in [0, 0.05) is 24.9 Å². The molecule has 1 aromatic carbocycles. The lowest BCUT2D eigenvalue weighted by Gasteiger charge is -2.27. The molecule has 4 rings (SSSR count).